The minimum absolute atomic E-state index is 0.335. The molecule has 0 saturated carbocycles. The molecule has 2 heterocycles. The van der Waals surface area contributed by atoms with Crippen LogP contribution in [0.5, 0.6) is 0 Å². The Balaban J connectivity index is 1.66. The van der Waals surface area contributed by atoms with Crippen LogP contribution in [0.4, 0.5) is 14.9 Å². The van der Waals surface area contributed by atoms with E-state index in [0.29, 0.717) is 18.3 Å². The lowest BCUT2D eigenvalue weighted by atomic mass is 10.1. The first kappa shape index (κ1) is 16.6. The van der Waals surface area contributed by atoms with Gasteiger partial charge in [0.2, 0.25) is 0 Å². The molecule has 0 aliphatic carbocycles. The fourth-order valence-corrected chi connectivity index (χ4v) is 2.50. The van der Waals surface area contributed by atoms with Crippen molar-refractivity contribution in [1.29, 1.82) is 0 Å². The Morgan fingerprint density at radius 2 is 2.09 bits per heavy atom. The van der Waals surface area contributed by atoms with E-state index in [-0.39, 0.29) is 6.03 Å². The van der Waals surface area contributed by atoms with Gasteiger partial charge in [-0.2, -0.15) is 0 Å². The van der Waals surface area contributed by atoms with E-state index in [1.165, 1.54) is 12.3 Å². The van der Waals surface area contributed by atoms with E-state index in [0.717, 1.165) is 38.8 Å². The Hall–Kier alpha value is -1.73. The van der Waals surface area contributed by atoms with Gasteiger partial charge in [-0.3, -0.25) is 9.88 Å². The average Bonchev–Trinajstić information content (AvgIpc) is 2.47. The lowest BCUT2D eigenvalue weighted by Crippen LogP contribution is -2.48. The number of likely N-dealkylation sites (N-methyl/N-ethyl adjacent to an activating group) is 1. The quantitative estimate of drug-likeness (QED) is 0.862. The van der Waals surface area contributed by atoms with Crippen molar-refractivity contribution in [2.45, 2.75) is 19.4 Å². The zero-order valence-corrected chi connectivity index (χ0v) is 13.2. The molecule has 1 aliphatic rings. The van der Waals surface area contributed by atoms with E-state index in [4.69, 9.17) is 0 Å². The molecule has 0 aromatic carbocycles. The maximum absolute atomic E-state index is 13.0. The fraction of sp³-hybridized carbons (Fsp3) is 0.600. The minimum atomic E-state index is -0.471. The molecule has 7 heteroatoms. The monoisotopic (exact) mass is 309 g/mol. The van der Waals surface area contributed by atoms with Crippen molar-refractivity contribution < 1.29 is 9.18 Å². The van der Waals surface area contributed by atoms with Gasteiger partial charge in [0.05, 0.1) is 18.1 Å². The summed E-state index contributed by atoms with van der Waals surface area (Å²) in [4.78, 5) is 20.2. The number of carbonyl (C=O) groups excluding carboxylic acids is 1. The van der Waals surface area contributed by atoms with Crippen LogP contribution in [-0.2, 0) is 0 Å². The topological polar surface area (TPSA) is 60.5 Å². The predicted molar refractivity (Wildman–Crippen MR) is 84.4 cm³/mol. The number of aromatic nitrogens is 1. The lowest BCUT2D eigenvalue weighted by molar-refractivity contribution is 0.115. The normalized spacial score (nSPS) is 18.0. The molecule has 22 heavy (non-hydrogen) atoms. The number of piperazine rings is 1. The number of carbonyl (C=O) groups is 1. The van der Waals surface area contributed by atoms with E-state index in [2.05, 4.69) is 39.4 Å². The van der Waals surface area contributed by atoms with Crippen molar-refractivity contribution in [2.24, 2.45) is 0 Å². The largest absolute Gasteiger partial charge is 0.338 e. The molecule has 1 saturated heterocycles. The second-order valence-electron chi connectivity index (χ2n) is 5.75. The summed E-state index contributed by atoms with van der Waals surface area (Å²) < 4.78 is 13.0. The average molecular weight is 309 g/mol. The molecule has 1 fully saturated rings. The highest BCUT2D eigenvalue weighted by atomic mass is 19.1. The summed E-state index contributed by atoms with van der Waals surface area (Å²) in [5.41, 5.74) is 0.351. The molecule has 1 atom stereocenters. The van der Waals surface area contributed by atoms with Gasteiger partial charge in [-0.1, -0.05) is 0 Å². The maximum atomic E-state index is 13.0. The Labute approximate surface area is 130 Å². The van der Waals surface area contributed by atoms with Crippen molar-refractivity contribution >= 4 is 11.7 Å². The van der Waals surface area contributed by atoms with Gasteiger partial charge in [-0.15, -0.1) is 0 Å². The molecule has 1 aromatic heterocycles. The van der Waals surface area contributed by atoms with E-state index in [1.807, 2.05) is 0 Å². The van der Waals surface area contributed by atoms with E-state index >= 15 is 0 Å². The summed E-state index contributed by atoms with van der Waals surface area (Å²) in [6.07, 6.45) is 3.40. The highest BCUT2D eigenvalue weighted by molar-refractivity contribution is 5.88. The number of urea groups is 1. The molecule has 0 spiro atoms. The number of hydrogen-bond donors (Lipinski definition) is 2. The number of rotatable bonds is 5. The Morgan fingerprint density at radius 1 is 1.36 bits per heavy atom. The van der Waals surface area contributed by atoms with Crippen LogP contribution >= 0.6 is 0 Å². The Bertz CT molecular complexity index is 491. The highest BCUT2D eigenvalue weighted by Gasteiger charge is 2.18. The summed E-state index contributed by atoms with van der Waals surface area (Å²) >= 11 is 0. The van der Waals surface area contributed by atoms with Gasteiger partial charge in [0.1, 0.15) is 5.82 Å². The Morgan fingerprint density at radius 3 is 2.77 bits per heavy atom. The third-order valence-corrected chi connectivity index (χ3v) is 3.97. The molecule has 122 valence electrons. The zero-order valence-electron chi connectivity index (χ0n) is 13.2. The second-order valence-corrected chi connectivity index (χ2v) is 5.75. The molecular formula is C15H24FN5O. The third-order valence-electron chi connectivity index (χ3n) is 3.97. The molecule has 6 nitrogen and oxygen atoms in total. The third kappa shape index (κ3) is 5.23. The number of nitrogens with one attached hydrogen (secondary N) is 2. The van der Waals surface area contributed by atoms with Gasteiger partial charge in [0.15, 0.2) is 0 Å². The Kier molecular flexibility index (Phi) is 6.09. The van der Waals surface area contributed by atoms with Gasteiger partial charge in [0.25, 0.3) is 0 Å². The highest BCUT2D eigenvalue weighted by Crippen LogP contribution is 2.08. The smallest absolute Gasteiger partial charge is 0.319 e. The zero-order chi connectivity index (χ0) is 15.9. The predicted octanol–water partition coefficient (Wildman–Crippen LogP) is 1.37. The number of amides is 2. The van der Waals surface area contributed by atoms with Crippen LogP contribution in [0.2, 0.25) is 0 Å². The second kappa shape index (κ2) is 8.05. The molecule has 1 aliphatic heterocycles. The van der Waals surface area contributed by atoms with Gasteiger partial charge in [-0.25, -0.2) is 9.18 Å². The van der Waals surface area contributed by atoms with Crippen molar-refractivity contribution in [3.63, 3.8) is 0 Å². The van der Waals surface area contributed by atoms with E-state index in [1.54, 1.807) is 0 Å². The van der Waals surface area contributed by atoms with Crippen LogP contribution in [0.3, 0.4) is 0 Å². The van der Waals surface area contributed by atoms with Crippen LogP contribution < -0.4 is 10.6 Å². The summed E-state index contributed by atoms with van der Waals surface area (Å²) in [5.74, 6) is -0.471. The van der Waals surface area contributed by atoms with Crippen LogP contribution in [-0.4, -0.2) is 66.6 Å². The van der Waals surface area contributed by atoms with Gasteiger partial charge in [-0.05, 0) is 20.4 Å². The molecule has 2 amide bonds. The number of hydrogen-bond acceptors (Lipinski definition) is 4. The van der Waals surface area contributed by atoms with Gasteiger partial charge < -0.3 is 15.5 Å². The van der Waals surface area contributed by atoms with E-state index < -0.39 is 5.82 Å². The van der Waals surface area contributed by atoms with Crippen LogP contribution in [0.25, 0.3) is 0 Å². The first-order valence-electron chi connectivity index (χ1n) is 7.62. The van der Waals surface area contributed by atoms with Crippen molar-refractivity contribution in [1.82, 2.24) is 20.1 Å². The van der Waals surface area contributed by atoms with Crippen molar-refractivity contribution in [2.75, 3.05) is 45.1 Å². The number of halogens is 1. The molecule has 2 rings (SSSR count). The summed E-state index contributed by atoms with van der Waals surface area (Å²) in [6.45, 7) is 7.08. The summed E-state index contributed by atoms with van der Waals surface area (Å²) in [5, 5.41) is 5.36. The summed E-state index contributed by atoms with van der Waals surface area (Å²) in [7, 11) is 2.13. The number of nitrogens with zero attached hydrogens (tertiary/aromatic N) is 3. The van der Waals surface area contributed by atoms with E-state index in [9.17, 15) is 9.18 Å². The van der Waals surface area contributed by atoms with Gasteiger partial charge in [0, 0.05) is 44.8 Å². The number of pyridine rings is 1. The molecule has 0 bridgehead atoms. The van der Waals surface area contributed by atoms with Crippen molar-refractivity contribution in [3.8, 4) is 0 Å². The molecule has 0 unspecified atom stereocenters. The van der Waals surface area contributed by atoms with Gasteiger partial charge >= 0.3 is 6.03 Å². The first-order chi connectivity index (χ1) is 10.5. The fourth-order valence-electron chi connectivity index (χ4n) is 2.50. The number of anilines is 1. The minimum Gasteiger partial charge on any atom is -0.338 e. The molecular weight excluding hydrogens is 285 g/mol. The standard InChI is InChI=1S/C15H24FN5O/c1-12(21-7-5-20(2)6-8-21)3-4-18-15(22)19-14-9-13(16)10-17-11-14/h9-12H,3-8H2,1-2H3,(H2,18,19,22)/t12-/m0/s1. The van der Waals surface area contributed by atoms with Crippen LogP contribution in [0, 0.1) is 5.82 Å². The molecule has 2 N–H and O–H groups in total. The maximum Gasteiger partial charge on any atom is 0.319 e. The summed E-state index contributed by atoms with van der Waals surface area (Å²) in [6, 6.07) is 1.34. The van der Waals surface area contributed by atoms with Crippen molar-refractivity contribution in [3.05, 3.63) is 24.3 Å². The lowest BCUT2D eigenvalue weighted by Gasteiger charge is -2.36. The first-order valence-corrected chi connectivity index (χ1v) is 7.62. The van der Waals surface area contributed by atoms with Crippen LogP contribution in [0.1, 0.15) is 13.3 Å². The molecule has 1 aromatic rings. The SMILES string of the molecule is C[C@@H](CCNC(=O)Nc1cncc(F)c1)N1CCN(C)CC1. The molecule has 0 radical (unpaired) electrons. The van der Waals surface area contributed by atoms with Crippen LogP contribution in [0.15, 0.2) is 18.5 Å².